The van der Waals surface area contributed by atoms with Crippen molar-refractivity contribution in [3.05, 3.63) is 35.3 Å². The molecule has 1 amide bonds. The van der Waals surface area contributed by atoms with Crippen LogP contribution in [-0.2, 0) is 4.79 Å². The zero-order valence-electron chi connectivity index (χ0n) is 10.1. The number of amides is 1. The van der Waals surface area contributed by atoms with E-state index in [1.54, 1.807) is 5.51 Å². The van der Waals surface area contributed by atoms with Crippen molar-refractivity contribution in [2.45, 2.75) is 23.4 Å². The van der Waals surface area contributed by atoms with E-state index >= 15 is 0 Å². The minimum absolute atomic E-state index is 0.0270. The van der Waals surface area contributed by atoms with Crippen molar-refractivity contribution in [2.24, 2.45) is 0 Å². The lowest BCUT2D eigenvalue weighted by atomic mass is 10.2. The van der Waals surface area contributed by atoms with Crippen LogP contribution in [0.15, 0.2) is 34.1 Å². The van der Waals surface area contributed by atoms with Crippen LogP contribution in [0, 0.1) is 6.92 Å². The summed E-state index contributed by atoms with van der Waals surface area (Å²) in [7, 11) is 0. The predicted octanol–water partition coefficient (Wildman–Crippen LogP) is 2.97. The summed E-state index contributed by atoms with van der Waals surface area (Å²) in [6.07, 6.45) is 0. The number of benzene rings is 1. The number of thioether (sulfide) groups is 1. The number of hydrogen-bond acceptors (Lipinski definition) is 5. The van der Waals surface area contributed by atoms with Gasteiger partial charge in [0.2, 0.25) is 5.91 Å². The highest BCUT2D eigenvalue weighted by Crippen LogP contribution is 2.25. The van der Waals surface area contributed by atoms with E-state index in [0.717, 1.165) is 15.6 Å². The first-order chi connectivity index (χ1) is 8.65. The molecule has 0 spiro atoms. The Kier molecular flexibility index (Phi) is 4.33. The number of anilines is 1. The van der Waals surface area contributed by atoms with Crippen molar-refractivity contribution in [2.75, 3.05) is 5.32 Å². The third-order valence-electron chi connectivity index (χ3n) is 2.27. The quantitative estimate of drug-likeness (QED) is 0.874. The fraction of sp³-hybridized carbons (Fsp3) is 0.250. The molecule has 4 nitrogen and oxygen atoms in total. The minimum atomic E-state index is -0.196. The second-order valence-corrected chi connectivity index (χ2v) is 6.24. The number of hydrogen-bond donors (Lipinski definition) is 1. The molecule has 0 unspecified atom stereocenters. The third kappa shape index (κ3) is 3.54. The SMILES string of the molecule is Cc1cccc(NC(=O)[C@H](C)Sc2nncs2)c1. The number of nitrogens with one attached hydrogen (secondary N) is 1. The van der Waals surface area contributed by atoms with Crippen LogP contribution < -0.4 is 5.32 Å². The van der Waals surface area contributed by atoms with Crippen molar-refractivity contribution >= 4 is 34.7 Å². The Bertz CT molecular complexity index is 528. The van der Waals surface area contributed by atoms with Gasteiger partial charge < -0.3 is 5.32 Å². The van der Waals surface area contributed by atoms with Gasteiger partial charge >= 0.3 is 0 Å². The van der Waals surface area contributed by atoms with E-state index < -0.39 is 0 Å². The van der Waals surface area contributed by atoms with E-state index in [2.05, 4.69) is 15.5 Å². The van der Waals surface area contributed by atoms with Gasteiger partial charge in [-0.2, -0.15) is 0 Å². The van der Waals surface area contributed by atoms with Gasteiger partial charge in [0.25, 0.3) is 0 Å². The first-order valence-electron chi connectivity index (χ1n) is 5.45. The van der Waals surface area contributed by atoms with Crippen molar-refractivity contribution in [1.82, 2.24) is 10.2 Å². The summed E-state index contributed by atoms with van der Waals surface area (Å²) in [6.45, 7) is 3.85. The number of carbonyl (C=O) groups excluding carboxylic acids is 1. The molecule has 0 fully saturated rings. The number of nitrogens with zero attached hydrogens (tertiary/aromatic N) is 2. The third-order valence-corrected chi connectivity index (χ3v) is 4.18. The van der Waals surface area contributed by atoms with Crippen LogP contribution in [0.25, 0.3) is 0 Å². The Balaban J connectivity index is 1.95. The smallest absolute Gasteiger partial charge is 0.237 e. The fourth-order valence-electron chi connectivity index (χ4n) is 1.39. The molecule has 0 aliphatic rings. The standard InChI is InChI=1S/C12H13N3OS2/c1-8-4-3-5-10(6-8)14-11(16)9(2)18-12-15-13-7-17-12/h3-7,9H,1-2H3,(H,14,16)/t9-/m0/s1. The number of rotatable bonds is 4. The topological polar surface area (TPSA) is 54.9 Å². The zero-order chi connectivity index (χ0) is 13.0. The highest BCUT2D eigenvalue weighted by molar-refractivity contribution is 8.02. The number of carbonyl (C=O) groups is 1. The van der Waals surface area contributed by atoms with E-state index in [4.69, 9.17) is 0 Å². The van der Waals surface area contributed by atoms with Crippen molar-refractivity contribution in [3.63, 3.8) is 0 Å². The van der Waals surface area contributed by atoms with Gasteiger partial charge in [-0.25, -0.2) is 0 Å². The summed E-state index contributed by atoms with van der Waals surface area (Å²) in [6, 6.07) is 7.75. The number of aromatic nitrogens is 2. The average molecular weight is 279 g/mol. The molecular formula is C12H13N3OS2. The Hall–Kier alpha value is -1.40. The van der Waals surface area contributed by atoms with Gasteiger partial charge in [0.1, 0.15) is 5.51 Å². The van der Waals surface area contributed by atoms with Gasteiger partial charge in [0.15, 0.2) is 4.34 Å². The first kappa shape index (κ1) is 13.0. The molecule has 0 saturated heterocycles. The van der Waals surface area contributed by atoms with Gasteiger partial charge in [-0.3, -0.25) is 4.79 Å². The molecule has 94 valence electrons. The summed E-state index contributed by atoms with van der Waals surface area (Å²) >= 11 is 2.85. The van der Waals surface area contributed by atoms with Gasteiger partial charge in [0.05, 0.1) is 5.25 Å². The van der Waals surface area contributed by atoms with Gasteiger partial charge in [-0.15, -0.1) is 10.2 Å². The maximum absolute atomic E-state index is 12.0. The highest BCUT2D eigenvalue weighted by Gasteiger charge is 2.16. The summed E-state index contributed by atoms with van der Waals surface area (Å²) in [5.74, 6) is -0.0270. The second kappa shape index (κ2) is 5.97. The van der Waals surface area contributed by atoms with E-state index in [-0.39, 0.29) is 11.2 Å². The zero-order valence-corrected chi connectivity index (χ0v) is 11.7. The molecule has 2 aromatic rings. The molecule has 0 saturated carbocycles. The van der Waals surface area contributed by atoms with Crippen molar-refractivity contribution in [1.29, 1.82) is 0 Å². The van der Waals surface area contributed by atoms with E-state index in [1.807, 2.05) is 38.1 Å². The molecule has 6 heteroatoms. The Morgan fingerprint density at radius 1 is 1.50 bits per heavy atom. The van der Waals surface area contributed by atoms with Gasteiger partial charge in [-0.05, 0) is 31.5 Å². The first-order valence-corrected chi connectivity index (χ1v) is 7.21. The maximum atomic E-state index is 12.0. The van der Waals surface area contributed by atoms with Crippen molar-refractivity contribution in [3.8, 4) is 0 Å². The number of aryl methyl sites for hydroxylation is 1. The summed E-state index contributed by atoms with van der Waals surface area (Å²) in [5.41, 5.74) is 3.61. The molecule has 1 aromatic heterocycles. The van der Waals surface area contributed by atoms with Crippen LogP contribution in [0.5, 0.6) is 0 Å². The van der Waals surface area contributed by atoms with Crippen LogP contribution in [0.3, 0.4) is 0 Å². The molecule has 2 rings (SSSR count). The lowest BCUT2D eigenvalue weighted by Crippen LogP contribution is -2.22. The predicted molar refractivity (Wildman–Crippen MR) is 75.0 cm³/mol. The molecule has 0 aliphatic carbocycles. The monoisotopic (exact) mass is 279 g/mol. The molecule has 18 heavy (non-hydrogen) atoms. The fourth-order valence-corrected chi connectivity index (χ4v) is 3.01. The average Bonchev–Trinajstić information content (AvgIpc) is 2.81. The molecule has 1 heterocycles. The summed E-state index contributed by atoms with van der Waals surface area (Å²) < 4.78 is 0.807. The van der Waals surface area contributed by atoms with Gasteiger partial charge in [0, 0.05) is 5.69 Å². The molecule has 0 aliphatic heterocycles. The molecule has 0 bridgehead atoms. The van der Waals surface area contributed by atoms with Gasteiger partial charge in [-0.1, -0.05) is 35.2 Å². The molecule has 1 N–H and O–H groups in total. The highest BCUT2D eigenvalue weighted by atomic mass is 32.2. The lowest BCUT2D eigenvalue weighted by Gasteiger charge is -2.10. The largest absolute Gasteiger partial charge is 0.325 e. The Labute approximate surface area is 114 Å². The Morgan fingerprint density at radius 2 is 2.33 bits per heavy atom. The van der Waals surface area contributed by atoms with Crippen molar-refractivity contribution < 1.29 is 4.79 Å². The van der Waals surface area contributed by atoms with E-state index in [0.29, 0.717) is 0 Å². The second-order valence-electron chi connectivity index (χ2n) is 3.82. The van der Waals surface area contributed by atoms with Crippen LogP contribution in [0.2, 0.25) is 0 Å². The summed E-state index contributed by atoms with van der Waals surface area (Å²) in [4.78, 5) is 12.0. The van der Waals surface area contributed by atoms with Crippen LogP contribution >= 0.6 is 23.1 Å². The molecule has 1 aromatic carbocycles. The molecular weight excluding hydrogens is 266 g/mol. The lowest BCUT2D eigenvalue weighted by molar-refractivity contribution is -0.115. The van der Waals surface area contributed by atoms with Crippen LogP contribution in [0.1, 0.15) is 12.5 Å². The van der Waals surface area contributed by atoms with Crippen LogP contribution in [0.4, 0.5) is 5.69 Å². The Morgan fingerprint density at radius 3 is 3.00 bits per heavy atom. The normalized spacial score (nSPS) is 12.1. The summed E-state index contributed by atoms with van der Waals surface area (Å²) in [5, 5.41) is 10.4. The molecule has 0 radical (unpaired) electrons. The van der Waals surface area contributed by atoms with E-state index in [1.165, 1.54) is 23.1 Å². The molecule has 1 atom stereocenters. The maximum Gasteiger partial charge on any atom is 0.237 e. The van der Waals surface area contributed by atoms with E-state index in [9.17, 15) is 4.79 Å². The van der Waals surface area contributed by atoms with Crippen LogP contribution in [-0.4, -0.2) is 21.4 Å². The minimum Gasteiger partial charge on any atom is -0.325 e.